The zero-order valence-electron chi connectivity index (χ0n) is 11.7. The fourth-order valence-electron chi connectivity index (χ4n) is 1.79. The maximum absolute atomic E-state index is 11.1. The molecule has 1 aromatic rings. The molecule has 1 rings (SSSR count). The molecular formula is C15H22BrNO2. The summed E-state index contributed by atoms with van der Waals surface area (Å²) in [5, 5.41) is 3.39. The first-order valence-electron chi connectivity index (χ1n) is 6.79. The van der Waals surface area contributed by atoms with Gasteiger partial charge in [-0.1, -0.05) is 12.5 Å². The third-order valence-electron chi connectivity index (χ3n) is 2.80. The molecule has 0 aliphatic rings. The van der Waals surface area contributed by atoms with Crippen molar-refractivity contribution >= 4 is 27.6 Å². The Morgan fingerprint density at radius 2 is 2.11 bits per heavy atom. The van der Waals surface area contributed by atoms with Gasteiger partial charge in [0.1, 0.15) is 0 Å². The van der Waals surface area contributed by atoms with Gasteiger partial charge in [0.2, 0.25) is 0 Å². The first kappa shape index (κ1) is 16.0. The maximum atomic E-state index is 11.1. The molecule has 19 heavy (non-hydrogen) atoms. The lowest BCUT2D eigenvalue weighted by Crippen LogP contribution is -2.05. The number of hydrogen-bond donors (Lipinski definition) is 1. The molecule has 0 radical (unpaired) electrons. The van der Waals surface area contributed by atoms with E-state index in [2.05, 4.69) is 46.4 Å². The molecule has 1 N–H and O–H groups in total. The normalized spacial score (nSPS) is 10.3. The molecule has 1 aromatic carbocycles. The molecule has 0 spiro atoms. The number of rotatable bonds is 8. The number of aryl methyl sites for hydroxylation is 1. The fourth-order valence-corrected chi connectivity index (χ4v) is 2.42. The smallest absolute Gasteiger partial charge is 0.305 e. The van der Waals surface area contributed by atoms with E-state index in [1.165, 1.54) is 5.56 Å². The van der Waals surface area contributed by atoms with E-state index >= 15 is 0 Å². The van der Waals surface area contributed by atoms with Gasteiger partial charge in [-0.3, -0.25) is 4.79 Å². The molecule has 106 valence electrons. The zero-order chi connectivity index (χ0) is 14.1. The van der Waals surface area contributed by atoms with Crippen molar-refractivity contribution in [2.24, 2.45) is 0 Å². The van der Waals surface area contributed by atoms with E-state index in [0.29, 0.717) is 13.0 Å². The summed E-state index contributed by atoms with van der Waals surface area (Å²) in [6.45, 7) is 5.30. The van der Waals surface area contributed by atoms with Crippen LogP contribution < -0.4 is 5.32 Å². The van der Waals surface area contributed by atoms with Crippen LogP contribution in [0.3, 0.4) is 0 Å². The zero-order valence-corrected chi connectivity index (χ0v) is 13.3. The van der Waals surface area contributed by atoms with Gasteiger partial charge in [0, 0.05) is 23.1 Å². The van der Waals surface area contributed by atoms with Crippen molar-refractivity contribution in [2.45, 2.75) is 39.5 Å². The van der Waals surface area contributed by atoms with Crippen LogP contribution in [-0.2, 0) is 9.53 Å². The summed E-state index contributed by atoms with van der Waals surface area (Å²) in [4.78, 5) is 11.1. The monoisotopic (exact) mass is 327 g/mol. The summed E-state index contributed by atoms with van der Waals surface area (Å²) in [5.74, 6) is -0.0864. The van der Waals surface area contributed by atoms with Crippen LogP contribution in [0.1, 0.15) is 38.2 Å². The van der Waals surface area contributed by atoms with Crippen LogP contribution in [0.15, 0.2) is 22.7 Å². The number of ether oxygens (including phenoxy) is 1. The molecule has 0 atom stereocenters. The van der Waals surface area contributed by atoms with Gasteiger partial charge in [-0.15, -0.1) is 0 Å². The second kappa shape index (κ2) is 8.97. The van der Waals surface area contributed by atoms with Crippen molar-refractivity contribution in [2.75, 3.05) is 18.5 Å². The standard InChI is InChI=1S/C15H22BrNO2/c1-3-19-15(18)7-5-4-6-10-17-14-9-8-12(2)11-13(14)16/h8-9,11,17H,3-7,10H2,1-2H3. The van der Waals surface area contributed by atoms with Crippen molar-refractivity contribution in [3.8, 4) is 0 Å². The van der Waals surface area contributed by atoms with Crippen LogP contribution in [0.4, 0.5) is 5.69 Å². The summed E-state index contributed by atoms with van der Waals surface area (Å²) in [6, 6.07) is 6.27. The maximum Gasteiger partial charge on any atom is 0.305 e. The van der Waals surface area contributed by atoms with Gasteiger partial charge in [0.25, 0.3) is 0 Å². The molecule has 0 saturated carbocycles. The fraction of sp³-hybridized carbons (Fsp3) is 0.533. The second-order valence-electron chi connectivity index (χ2n) is 4.53. The second-order valence-corrected chi connectivity index (χ2v) is 5.38. The number of carbonyl (C=O) groups is 1. The van der Waals surface area contributed by atoms with Gasteiger partial charge in [-0.2, -0.15) is 0 Å². The van der Waals surface area contributed by atoms with Crippen LogP contribution in [0, 0.1) is 6.92 Å². The number of unbranched alkanes of at least 4 members (excludes halogenated alkanes) is 2. The average Bonchev–Trinajstić information content (AvgIpc) is 2.36. The number of halogens is 1. The van der Waals surface area contributed by atoms with Crippen molar-refractivity contribution in [1.82, 2.24) is 0 Å². The van der Waals surface area contributed by atoms with E-state index in [-0.39, 0.29) is 5.97 Å². The summed E-state index contributed by atoms with van der Waals surface area (Å²) in [5.41, 5.74) is 2.36. The number of nitrogens with one attached hydrogen (secondary N) is 1. The van der Waals surface area contributed by atoms with E-state index in [0.717, 1.165) is 36.0 Å². The van der Waals surface area contributed by atoms with Gasteiger partial charge in [-0.05, 0) is 60.3 Å². The predicted molar refractivity (Wildman–Crippen MR) is 82.5 cm³/mol. The van der Waals surface area contributed by atoms with Crippen LogP contribution in [0.25, 0.3) is 0 Å². The Morgan fingerprint density at radius 1 is 1.32 bits per heavy atom. The molecule has 0 heterocycles. The first-order valence-corrected chi connectivity index (χ1v) is 7.58. The minimum atomic E-state index is -0.0864. The highest BCUT2D eigenvalue weighted by Crippen LogP contribution is 2.23. The van der Waals surface area contributed by atoms with Gasteiger partial charge in [0.15, 0.2) is 0 Å². The quantitative estimate of drug-likeness (QED) is 0.571. The number of benzene rings is 1. The van der Waals surface area contributed by atoms with Crippen LogP contribution in [0.2, 0.25) is 0 Å². The third kappa shape index (κ3) is 6.62. The molecule has 0 unspecified atom stereocenters. The Labute approximate surface area is 123 Å². The van der Waals surface area contributed by atoms with Gasteiger partial charge in [0.05, 0.1) is 6.61 Å². The molecule has 0 aromatic heterocycles. The molecule has 0 fully saturated rings. The Bertz CT molecular complexity index is 407. The summed E-state index contributed by atoms with van der Waals surface area (Å²) >= 11 is 3.54. The van der Waals surface area contributed by atoms with E-state index in [1.807, 2.05) is 6.92 Å². The largest absolute Gasteiger partial charge is 0.466 e. The molecular weight excluding hydrogens is 306 g/mol. The minimum Gasteiger partial charge on any atom is -0.466 e. The van der Waals surface area contributed by atoms with E-state index < -0.39 is 0 Å². The molecule has 0 bridgehead atoms. The molecule has 0 saturated heterocycles. The Balaban J connectivity index is 2.12. The number of anilines is 1. The SMILES string of the molecule is CCOC(=O)CCCCCNc1ccc(C)cc1Br. The Kier molecular flexibility index (Phi) is 7.56. The van der Waals surface area contributed by atoms with Gasteiger partial charge < -0.3 is 10.1 Å². The molecule has 0 aliphatic carbocycles. The van der Waals surface area contributed by atoms with Gasteiger partial charge in [-0.25, -0.2) is 0 Å². The summed E-state index contributed by atoms with van der Waals surface area (Å²) < 4.78 is 5.98. The van der Waals surface area contributed by atoms with Crippen molar-refractivity contribution in [3.63, 3.8) is 0 Å². The highest BCUT2D eigenvalue weighted by Gasteiger charge is 2.01. The van der Waals surface area contributed by atoms with Crippen LogP contribution in [0.5, 0.6) is 0 Å². The molecule has 0 amide bonds. The van der Waals surface area contributed by atoms with Crippen molar-refractivity contribution in [3.05, 3.63) is 28.2 Å². The first-order chi connectivity index (χ1) is 9.13. The lowest BCUT2D eigenvalue weighted by atomic mass is 10.2. The number of hydrogen-bond acceptors (Lipinski definition) is 3. The molecule has 4 heteroatoms. The molecule has 3 nitrogen and oxygen atoms in total. The third-order valence-corrected chi connectivity index (χ3v) is 3.46. The Hall–Kier alpha value is -1.03. The summed E-state index contributed by atoms with van der Waals surface area (Å²) in [7, 11) is 0. The van der Waals surface area contributed by atoms with E-state index in [1.54, 1.807) is 0 Å². The number of carbonyl (C=O) groups excluding carboxylic acids is 1. The predicted octanol–water partition coefficient (Wildman–Crippen LogP) is 4.29. The lowest BCUT2D eigenvalue weighted by Gasteiger charge is -2.09. The van der Waals surface area contributed by atoms with Crippen molar-refractivity contribution in [1.29, 1.82) is 0 Å². The minimum absolute atomic E-state index is 0.0864. The lowest BCUT2D eigenvalue weighted by molar-refractivity contribution is -0.143. The van der Waals surface area contributed by atoms with E-state index in [4.69, 9.17) is 4.74 Å². The highest BCUT2D eigenvalue weighted by atomic mass is 79.9. The van der Waals surface area contributed by atoms with Gasteiger partial charge >= 0.3 is 5.97 Å². The topological polar surface area (TPSA) is 38.3 Å². The summed E-state index contributed by atoms with van der Waals surface area (Å²) in [6.07, 6.45) is 3.52. The number of esters is 1. The van der Waals surface area contributed by atoms with E-state index in [9.17, 15) is 4.79 Å². The van der Waals surface area contributed by atoms with Crippen molar-refractivity contribution < 1.29 is 9.53 Å². The van der Waals surface area contributed by atoms with Crippen LogP contribution >= 0.6 is 15.9 Å². The average molecular weight is 328 g/mol. The molecule has 0 aliphatic heterocycles. The van der Waals surface area contributed by atoms with Crippen LogP contribution in [-0.4, -0.2) is 19.1 Å². The highest BCUT2D eigenvalue weighted by molar-refractivity contribution is 9.10. The Morgan fingerprint density at radius 3 is 2.79 bits per heavy atom.